The van der Waals surface area contributed by atoms with Crippen LogP contribution in [-0.2, 0) is 9.47 Å². The first kappa shape index (κ1) is 10.5. The van der Waals surface area contributed by atoms with Crippen LogP contribution in [0.3, 0.4) is 0 Å². The van der Waals surface area contributed by atoms with Crippen LogP contribution in [0.4, 0.5) is 0 Å². The van der Waals surface area contributed by atoms with E-state index in [1.807, 2.05) is 0 Å². The predicted molar refractivity (Wildman–Crippen MR) is 52.8 cm³/mol. The third kappa shape index (κ3) is 2.71. The molecule has 1 fully saturated rings. The number of ether oxygens (including phenoxy) is 2. The summed E-state index contributed by atoms with van der Waals surface area (Å²) in [5, 5.41) is 0.990. The third-order valence-corrected chi connectivity index (χ3v) is 3.41. The minimum atomic E-state index is 0.259. The van der Waals surface area contributed by atoms with Crippen molar-refractivity contribution in [1.82, 2.24) is 0 Å². The van der Waals surface area contributed by atoms with E-state index in [-0.39, 0.29) is 5.41 Å². The number of rotatable bonds is 5. The van der Waals surface area contributed by atoms with Gasteiger partial charge in [-0.2, -0.15) is 0 Å². The fraction of sp³-hybridized carbons (Fsp3) is 1.00. The Balaban J connectivity index is 2.24. The summed E-state index contributed by atoms with van der Waals surface area (Å²) in [4.78, 5) is 0. The van der Waals surface area contributed by atoms with Crippen LogP contribution in [-0.4, -0.2) is 31.8 Å². The van der Waals surface area contributed by atoms with Crippen molar-refractivity contribution in [2.75, 3.05) is 31.8 Å². The van der Waals surface area contributed by atoms with Gasteiger partial charge in [0, 0.05) is 24.0 Å². The Bertz CT molecular complexity index is 122. The van der Waals surface area contributed by atoms with Gasteiger partial charge in [0.25, 0.3) is 0 Å². The predicted octanol–water partition coefficient (Wildman–Crippen LogP) is 2.21. The number of halogens is 1. The van der Waals surface area contributed by atoms with Gasteiger partial charge in [-0.05, 0) is 12.8 Å². The maximum atomic E-state index is 5.55. The van der Waals surface area contributed by atoms with Crippen LogP contribution in [0.5, 0.6) is 0 Å². The molecule has 1 aliphatic rings. The number of alkyl halides is 1. The van der Waals surface area contributed by atoms with Crippen molar-refractivity contribution in [2.24, 2.45) is 5.41 Å². The van der Waals surface area contributed by atoms with Crippen LogP contribution < -0.4 is 0 Å². The monoisotopic (exact) mass is 236 g/mol. The van der Waals surface area contributed by atoms with E-state index in [1.165, 1.54) is 0 Å². The number of hydrogen-bond donors (Lipinski definition) is 0. The van der Waals surface area contributed by atoms with Crippen molar-refractivity contribution in [3.63, 3.8) is 0 Å². The molecule has 0 saturated carbocycles. The summed E-state index contributed by atoms with van der Waals surface area (Å²) in [6.45, 7) is 5.58. The van der Waals surface area contributed by atoms with Gasteiger partial charge in [0.15, 0.2) is 0 Å². The van der Waals surface area contributed by atoms with Crippen LogP contribution in [0, 0.1) is 5.41 Å². The Hall–Kier alpha value is 0.400. The molecule has 0 aromatic rings. The molecule has 12 heavy (non-hydrogen) atoms. The maximum Gasteiger partial charge on any atom is 0.0553 e. The van der Waals surface area contributed by atoms with E-state index in [9.17, 15) is 0 Å². The first-order valence-corrected chi connectivity index (χ1v) is 5.66. The second kappa shape index (κ2) is 5.20. The zero-order chi connectivity index (χ0) is 8.86. The zero-order valence-electron chi connectivity index (χ0n) is 7.64. The molecule has 0 aliphatic carbocycles. The molecule has 1 unspecified atom stereocenters. The van der Waals surface area contributed by atoms with Crippen molar-refractivity contribution in [3.8, 4) is 0 Å². The van der Waals surface area contributed by atoms with Crippen molar-refractivity contribution in [1.29, 1.82) is 0 Å². The van der Waals surface area contributed by atoms with Gasteiger partial charge < -0.3 is 9.47 Å². The first-order valence-electron chi connectivity index (χ1n) is 4.54. The lowest BCUT2D eigenvalue weighted by Gasteiger charge is -2.24. The molecular formula is C9H17BrO2. The van der Waals surface area contributed by atoms with Crippen molar-refractivity contribution in [2.45, 2.75) is 19.8 Å². The van der Waals surface area contributed by atoms with Crippen LogP contribution in [0.15, 0.2) is 0 Å². The molecule has 1 rings (SSSR count). The summed E-state index contributed by atoms with van der Waals surface area (Å²) >= 11 is 3.53. The summed E-state index contributed by atoms with van der Waals surface area (Å²) in [6.07, 6.45) is 2.22. The lowest BCUT2D eigenvalue weighted by molar-refractivity contribution is 0.0472. The molecule has 3 heteroatoms. The Morgan fingerprint density at radius 2 is 2.42 bits per heavy atom. The molecular weight excluding hydrogens is 220 g/mol. The minimum absolute atomic E-state index is 0.259. The highest BCUT2D eigenvalue weighted by Gasteiger charge is 2.33. The van der Waals surface area contributed by atoms with E-state index in [2.05, 4.69) is 22.9 Å². The second-order valence-electron chi connectivity index (χ2n) is 3.49. The van der Waals surface area contributed by atoms with Crippen LogP contribution in [0.2, 0.25) is 0 Å². The Kier molecular flexibility index (Phi) is 4.54. The van der Waals surface area contributed by atoms with Gasteiger partial charge in [0.1, 0.15) is 0 Å². The highest BCUT2D eigenvalue weighted by atomic mass is 79.9. The highest BCUT2D eigenvalue weighted by molar-refractivity contribution is 9.09. The standard InChI is InChI=1S/C9H17BrO2/c1-2-4-11-7-9(6-10)3-5-12-8-9/h2-8H2,1H3. The van der Waals surface area contributed by atoms with Crippen LogP contribution >= 0.6 is 15.9 Å². The molecule has 1 saturated heterocycles. The summed E-state index contributed by atoms with van der Waals surface area (Å²) in [5.41, 5.74) is 0.259. The van der Waals surface area contributed by atoms with Gasteiger partial charge in [0.05, 0.1) is 13.2 Å². The largest absolute Gasteiger partial charge is 0.381 e. The molecule has 1 atom stereocenters. The van der Waals surface area contributed by atoms with Gasteiger partial charge in [-0.15, -0.1) is 0 Å². The topological polar surface area (TPSA) is 18.5 Å². The molecule has 1 heterocycles. The van der Waals surface area contributed by atoms with Crippen LogP contribution in [0.1, 0.15) is 19.8 Å². The van der Waals surface area contributed by atoms with Crippen molar-refractivity contribution in [3.05, 3.63) is 0 Å². The quantitative estimate of drug-likeness (QED) is 0.539. The van der Waals surface area contributed by atoms with Gasteiger partial charge >= 0.3 is 0 Å². The Labute approximate surface area is 82.7 Å². The number of hydrogen-bond acceptors (Lipinski definition) is 2. The van der Waals surface area contributed by atoms with E-state index < -0.39 is 0 Å². The van der Waals surface area contributed by atoms with Crippen molar-refractivity contribution < 1.29 is 9.47 Å². The fourth-order valence-corrected chi connectivity index (χ4v) is 1.94. The fourth-order valence-electron chi connectivity index (χ4n) is 1.34. The smallest absolute Gasteiger partial charge is 0.0553 e. The van der Waals surface area contributed by atoms with E-state index in [4.69, 9.17) is 9.47 Å². The molecule has 0 radical (unpaired) electrons. The molecule has 0 spiro atoms. The molecule has 0 aromatic heterocycles. The molecule has 0 bridgehead atoms. The van der Waals surface area contributed by atoms with E-state index in [1.54, 1.807) is 0 Å². The maximum absolute atomic E-state index is 5.55. The SMILES string of the molecule is CCCOCC1(CBr)CCOC1. The van der Waals surface area contributed by atoms with E-state index >= 15 is 0 Å². The molecule has 0 N–H and O–H groups in total. The molecule has 2 nitrogen and oxygen atoms in total. The average molecular weight is 237 g/mol. The summed E-state index contributed by atoms with van der Waals surface area (Å²) in [5.74, 6) is 0. The second-order valence-corrected chi connectivity index (χ2v) is 4.05. The van der Waals surface area contributed by atoms with E-state index in [0.717, 1.165) is 44.6 Å². The molecule has 0 aromatic carbocycles. The van der Waals surface area contributed by atoms with Gasteiger partial charge in [-0.3, -0.25) is 0 Å². The lowest BCUT2D eigenvalue weighted by Crippen LogP contribution is -2.29. The molecule has 72 valence electrons. The first-order chi connectivity index (χ1) is 5.83. The summed E-state index contributed by atoms with van der Waals surface area (Å²) in [6, 6.07) is 0. The van der Waals surface area contributed by atoms with Crippen LogP contribution in [0.25, 0.3) is 0 Å². The lowest BCUT2D eigenvalue weighted by atomic mass is 9.91. The minimum Gasteiger partial charge on any atom is -0.381 e. The van der Waals surface area contributed by atoms with Gasteiger partial charge in [-0.25, -0.2) is 0 Å². The van der Waals surface area contributed by atoms with Gasteiger partial charge in [0.2, 0.25) is 0 Å². The van der Waals surface area contributed by atoms with Gasteiger partial charge in [-0.1, -0.05) is 22.9 Å². The highest BCUT2D eigenvalue weighted by Crippen LogP contribution is 2.30. The normalized spacial score (nSPS) is 29.5. The summed E-state index contributed by atoms with van der Waals surface area (Å²) < 4.78 is 10.9. The summed E-state index contributed by atoms with van der Waals surface area (Å²) in [7, 11) is 0. The Morgan fingerprint density at radius 1 is 1.58 bits per heavy atom. The zero-order valence-corrected chi connectivity index (χ0v) is 9.23. The molecule has 0 amide bonds. The molecule has 1 aliphatic heterocycles. The Morgan fingerprint density at radius 3 is 2.92 bits per heavy atom. The van der Waals surface area contributed by atoms with Crippen molar-refractivity contribution >= 4 is 15.9 Å². The van der Waals surface area contributed by atoms with E-state index in [0.29, 0.717) is 0 Å². The average Bonchev–Trinajstić information content (AvgIpc) is 2.55. The third-order valence-electron chi connectivity index (χ3n) is 2.23.